The van der Waals surface area contributed by atoms with Gasteiger partial charge in [0.05, 0.1) is 12.3 Å². The van der Waals surface area contributed by atoms with Gasteiger partial charge in [-0.2, -0.15) is 5.10 Å². The molecule has 3 rings (SSSR count). The molecule has 6 nitrogen and oxygen atoms in total. The molecule has 0 spiro atoms. The highest BCUT2D eigenvalue weighted by Crippen LogP contribution is 2.26. The molecule has 2 fully saturated rings. The predicted octanol–water partition coefficient (Wildman–Crippen LogP) is 1.43. The van der Waals surface area contributed by atoms with Gasteiger partial charge in [0, 0.05) is 44.9 Å². The van der Waals surface area contributed by atoms with Crippen LogP contribution in [0.4, 0.5) is 14.5 Å². The maximum atomic E-state index is 14.5. The molecule has 1 unspecified atom stereocenters. The van der Waals surface area contributed by atoms with Crippen molar-refractivity contribution in [3.8, 4) is 0 Å². The molecule has 2 aliphatic rings. The molecule has 0 aliphatic carbocycles. The molecule has 0 radical (unpaired) electrons. The van der Waals surface area contributed by atoms with Gasteiger partial charge < -0.3 is 15.4 Å². The molecular formula is C17H23F2N5OS. The molecule has 1 aromatic carbocycles. The van der Waals surface area contributed by atoms with Crippen molar-refractivity contribution in [2.75, 3.05) is 44.2 Å². The summed E-state index contributed by atoms with van der Waals surface area (Å²) in [4.78, 5) is 4.05. The van der Waals surface area contributed by atoms with Crippen LogP contribution in [-0.4, -0.2) is 61.7 Å². The van der Waals surface area contributed by atoms with Crippen molar-refractivity contribution in [3.63, 3.8) is 0 Å². The van der Waals surface area contributed by atoms with E-state index >= 15 is 0 Å². The van der Waals surface area contributed by atoms with Crippen molar-refractivity contribution in [2.45, 2.75) is 18.9 Å². The minimum absolute atomic E-state index is 0.0142. The van der Waals surface area contributed by atoms with Gasteiger partial charge in [-0.05, 0) is 37.2 Å². The Morgan fingerprint density at radius 3 is 2.58 bits per heavy atom. The number of benzene rings is 1. The average Bonchev–Trinajstić information content (AvgIpc) is 3.08. The standard InChI is InChI=1S/C17H23F2N5OS/c18-14-8-12(10-21-22-17(20)26)9-15(19)16(14)24-5-3-23(4-6-24)11-13-2-1-7-25-13/h8-10,13H,1-7,11H2,(H3,20,22,26)/b21-10+. The molecule has 2 heterocycles. The van der Waals surface area contributed by atoms with Gasteiger partial charge in [0.25, 0.3) is 0 Å². The van der Waals surface area contributed by atoms with Crippen LogP contribution in [0.5, 0.6) is 0 Å². The lowest BCUT2D eigenvalue weighted by molar-refractivity contribution is 0.0712. The summed E-state index contributed by atoms with van der Waals surface area (Å²) in [5.41, 5.74) is 7.90. The highest BCUT2D eigenvalue weighted by Gasteiger charge is 2.25. The Bertz CT molecular complexity index is 650. The van der Waals surface area contributed by atoms with Crippen LogP contribution in [0, 0.1) is 11.6 Å². The molecule has 1 aromatic rings. The van der Waals surface area contributed by atoms with Crippen molar-refractivity contribution >= 4 is 29.2 Å². The number of thiocarbonyl (C=S) groups is 1. The summed E-state index contributed by atoms with van der Waals surface area (Å²) in [5, 5.41) is 3.70. The number of anilines is 1. The number of nitrogens with zero attached hydrogens (tertiary/aromatic N) is 3. The van der Waals surface area contributed by atoms with E-state index in [1.807, 2.05) is 0 Å². The van der Waals surface area contributed by atoms with E-state index in [0.717, 1.165) is 39.1 Å². The molecule has 26 heavy (non-hydrogen) atoms. The van der Waals surface area contributed by atoms with Crippen LogP contribution >= 0.6 is 12.2 Å². The van der Waals surface area contributed by atoms with E-state index in [1.54, 1.807) is 4.90 Å². The summed E-state index contributed by atoms with van der Waals surface area (Å²) < 4.78 is 34.6. The first-order valence-corrected chi connectivity index (χ1v) is 9.10. The number of hydrogen-bond donors (Lipinski definition) is 2. The summed E-state index contributed by atoms with van der Waals surface area (Å²) in [6.45, 7) is 4.42. The van der Waals surface area contributed by atoms with Gasteiger partial charge in [-0.3, -0.25) is 10.3 Å². The Kier molecular flexibility index (Phi) is 6.33. The zero-order valence-corrected chi connectivity index (χ0v) is 15.3. The maximum Gasteiger partial charge on any atom is 0.184 e. The molecule has 0 saturated carbocycles. The third-order valence-corrected chi connectivity index (χ3v) is 4.69. The van der Waals surface area contributed by atoms with Gasteiger partial charge in [0.1, 0.15) is 17.3 Å². The molecule has 1 atom stereocenters. The molecule has 2 aliphatic heterocycles. The van der Waals surface area contributed by atoms with E-state index in [1.165, 1.54) is 18.3 Å². The third kappa shape index (κ3) is 4.87. The summed E-state index contributed by atoms with van der Waals surface area (Å²) in [6.07, 6.45) is 3.78. The van der Waals surface area contributed by atoms with Gasteiger partial charge in [-0.25, -0.2) is 8.78 Å². The lowest BCUT2D eigenvalue weighted by Crippen LogP contribution is -2.49. The van der Waals surface area contributed by atoms with Crippen molar-refractivity contribution < 1.29 is 13.5 Å². The second-order valence-electron chi connectivity index (χ2n) is 6.49. The monoisotopic (exact) mass is 383 g/mol. The number of halogens is 2. The summed E-state index contributed by atoms with van der Waals surface area (Å²) in [7, 11) is 0. The smallest absolute Gasteiger partial charge is 0.184 e. The summed E-state index contributed by atoms with van der Waals surface area (Å²) >= 11 is 4.61. The lowest BCUT2D eigenvalue weighted by atomic mass is 10.1. The molecule has 0 bridgehead atoms. The van der Waals surface area contributed by atoms with E-state index in [0.29, 0.717) is 24.8 Å². The van der Waals surface area contributed by atoms with Crippen LogP contribution in [0.2, 0.25) is 0 Å². The van der Waals surface area contributed by atoms with Crippen LogP contribution in [-0.2, 0) is 4.74 Å². The fraction of sp³-hybridized carbons (Fsp3) is 0.529. The number of nitrogens with one attached hydrogen (secondary N) is 1. The van der Waals surface area contributed by atoms with E-state index in [2.05, 4.69) is 27.6 Å². The first kappa shape index (κ1) is 18.9. The van der Waals surface area contributed by atoms with Crippen LogP contribution < -0.4 is 16.1 Å². The molecule has 9 heteroatoms. The largest absolute Gasteiger partial charge is 0.377 e. The highest BCUT2D eigenvalue weighted by atomic mass is 32.1. The molecular weight excluding hydrogens is 360 g/mol. The van der Waals surface area contributed by atoms with Crippen LogP contribution in [0.1, 0.15) is 18.4 Å². The Morgan fingerprint density at radius 2 is 2.00 bits per heavy atom. The number of nitrogens with two attached hydrogens (primary N) is 1. The van der Waals surface area contributed by atoms with Crippen molar-refractivity contribution in [1.82, 2.24) is 10.3 Å². The minimum atomic E-state index is -0.602. The summed E-state index contributed by atoms with van der Waals surface area (Å²) in [5.74, 6) is -1.20. The highest BCUT2D eigenvalue weighted by molar-refractivity contribution is 7.80. The van der Waals surface area contributed by atoms with E-state index in [4.69, 9.17) is 10.5 Å². The maximum absolute atomic E-state index is 14.5. The fourth-order valence-corrected chi connectivity index (χ4v) is 3.42. The van der Waals surface area contributed by atoms with Gasteiger partial charge in [-0.1, -0.05) is 0 Å². The number of hydrogen-bond acceptors (Lipinski definition) is 5. The Labute approximate surface area is 157 Å². The van der Waals surface area contributed by atoms with Gasteiger partial charge in [0.2, 0.25) is 0 Å². The summed E-state index contributed by atoms with van der Waals surface area (Å²) in [6, 6.07) is 2.50. The van der Waals surface area contributed by atoms with Gasteiger partial charge in [0.15, 0.2) is 5.11 Å². The number of piperazine rings is 1. The Balaban J connectivity index is 1.60. The van der Waals surface area contributed by atoms with E-state index in [-0.39, 0.29) is 10.8 Å². The van der Waals surface area contributed by atoms with Crippen molar-refractivity contribution in [1.29, 1.82) is 0 Å². The molecule has 3 N–H and O–H groups in total. The zero-order valence-electron chi connectivity index (χ0n) is 14.5. The number of rotatable bonds is 5. The fourth-order valence-electron chi connectivity index (χ4n) is 3.36. The van der Waals surface area contributed by atoms with Crippen LogP contribution in [0.25, 0.3) is 0 Å². The molecule has 0 aromatic heterocycles. The van der Waals surface area contributed by atoms with Crippen molar-refractivity contribution in [3.05, 3.63) is 29.3 Å². The number of hydrazone groups is 1. The van der Waals surface area contributed by atoms with E-state index in [9.17, 15) is 8.78 Å². The molecule has 0 amide bonds. The van der Waals surface area contributed by atoms with Gasteiger partial charge in [-0.15, -0.1) is 0 Å². The van der Waals surface area contributed by atoms with Crippen LogP contribution in [0.3, 0.4) is 0 Å². The number of ether oxygens (including phenoxy) is 1. The topological polar surface area (TPSA) is 66.1 Å². The quantitative estimate of drug-likeness (QED) is 0.456. The molecule has 142 valence electrons. The normalized spacial score (nSPS) is 21.5. The van der Waals surface area contributed by atoms with E-state index < -0.39 is 11.6 Å². The molecule has 2 saturated heterocycles. The SMILES string of the molecule is NC(=S)N/N=C/c1cc(F)c(N2CCN(CC3CCCO3)CC2)c(F)c1. The first-order valence-electron chi connectivity index (χ1n) is 8.69. The average molecular weight is 383 g/mol. The first-order chi connectivity index (χ1) is 12.5. The lowest BCUT2D eigenvalue weighted by Gasteiger charge is -2.37. The Hall–Kier alpha value is -1.84. The third-order valence-electron chi connectivity index (χ3n) is 4.60. The minimum Gasteiger partial charge on any atom is -0.377 e. The predicted molar refractivity (Wildman–Crippen MR) is 102 cm³/mol. The second kappa shape index (κ2) is 8.70. The Morgan fingerprint density at radius 1 is 1.31 bits per heavy atom. The zero-order chi connectivity index (χ0) is 18.5. The van der Waals surface area contributed by atoms with Crippen molar-refractivity contribution in [2.24, 2.45) is 10.8 Å². The second-order valence-corrected chi connectivity index (χ2v) is 6.93. The van der Waals surface area contributed by atoms with Crippen LogP contribution in [0.15, 0.2) is 17.2 Å². The van der Waals surface area contributed by atoms with Gasteiger partial charge >= 0.3 is 0 Å².